The first-order chi connectivity index (χ1) is 31.8. The third-order valence-corrected chi connectivity index (χ3v) is 33.5. The van der Waals surface area contributed by atoms with Crippen LogP contribution in [-0.2, 0) is 0 Å². The van der Waals surface area contributed by atoms with Crippen LogP contribution in [0.25, 0.3) is 11.4 Å². The van der Waals surface area contributed by atoms with Gasteiger partial charge in [-0.3, -0.25) is 0 Å². The van der Waals surface area contributed by atoms with Crippen LogP contribution in [0.5, 0.6) is 0 Å². The van der Waals surface area contributed by atoms with E-state index in [0.29, 0.717) is 17.7 Å². The van der Waals surface area contributed by atoms with Gasteiger partial charge in [0.15, 0.2) is 0 Å². The SMILES string of the molecule is c1ccc(-c2nc(N3c4cccc[c]4[Ge]([c]4ccccc4)([c]4ccccc4)[c]4ccccc43)nc(N3c4cccc[c]4[Ge]([c]4ccccc4)([c]4ccccc4)[c]4ccccc43)n2)cc1. The number of para-hydroxylation sites is 4. The van der Waals surface area contributed by atoms with Gasteiger partial charge in [0, 0.05) is 0 Å². The van der Waals surface area contributed by atoms with Gasteiger partial charge in [-0.15, -0.1) is 0 Å². The first-order valence-corrected chi connectivity index (χ1v) is 30.2. The molecule has 7 heteroatoms. The molecule has 0 atom stereocenters. The molecule has 0 fully saturated rings. The van der Waals surface area contributed by atoms with E-state index in [1.165, 1.54) is 35.2 Å². The number of benzene rings is 9. The zero-order valence-electron chi connectivity index (χ0n) is 34.9. The molecule has 0 unspecified atom stereocenters. The van der Waals surface area contributed by atoms with E-state index in [1.807, 2.05) is 6.07 Å². The Morgan fingerprint density at radius 2 is 0.500 bits per heavy atom. The second kappa shape index (κ2) is 15.8. The molecule has 12 rings (SSSR count). The Kier molecular flexibility index (Phi) is 9.46. The minimum atomic E-state index is -3.65. The Morgan fingerprint density at radius 3 is 0.797 bits per heavy atom. The molecule has 64 heavy (non-hydrogen) atoms. The van der Waals surface area contributed by atoms with Crippen LogP contribution in [0.15, 0.2) is 249 Å². The predicted molar refractivity (Wildman–Crippen MR) is 269 cm³/mol. The van der Waals surface area contributed by atoms with Crippen molar-refractivity contribution in [2.45, 2.75) is 0 Å². The van der Waals surface area contributed by atoms with Crippen LogP contribution in [0.2, 0.25) is 0 Å². The zero-order chi connectivity index (χ0) is 42.5. The Hall–Kier alpha value is -7.32. The summed E-state index contributed by atoms with van der Waals surface area (Å²) >= 11 is -7.30. The summed E-state index contributed by atoms with van der Waals surface area (Å²) in [5, 5.41) is 0. The molecule has 0 spiro atoms. The van der Waals surface area contributed by atoms with Crippen molar-refractivity contribution in [3.05, 3.63) is 249 Å². The summed E-state index contributed by atoms with van der Waals surface area (Å²) in [7, 11) is 0. The normalized spacial score (nSPS) is 14.1. The van der Waals surface area contributed by atoms with Crippen LogP contribution in [0, 0.1) is 0 Å². The molecule has 0 aliphatic carbocycles. The maximum atomic E-state index is 5.66. The number of aromatic nitrogens is 3. The second-order valence-corrected chi connectivity index (χ2v) is 32.0. The topological polar surface area (TPSA) is 45.2 Å². The number of nitrogens with zero attached hydrogens (tertiary/aromatic N) is 5. The van der Waals surface area contributed by atoms with Crippen LogP contribution < -0.4 is 45.0 Å². The Morgan fingerprint density at radius 1 is 0.250 bits per heavy atom. The van der Waals surface area contributed by atoms with E-state index in [-0.39, 0.29) is 0 Å². The molecule has 302 valence electrons. The molecule has 0 N–H and O–H groups in total. The van der Waals surface area contributed by atoms with Crippen molar-refractivity contribution in [2.75, 3.05) is 9.80 Å². The summed E-state index contributed by atoms with van der Waals surface area (Å²) in [6.07, 6.45) is 0. The second-order valence-electron chi connectivity index (χ2n) is 16.3. The van der Waals surface area contributed by atoms with E-state index in [4.69, 9.17) is 15.0 Å². The number of rotatable bonds is 7. The Balaban J connectivity index is 1.14. The van der Waals surface area contributed by atoms with Crippen LogP contribution in [0.3, 0.4) is 0 Å². The van der Waals surface area contributed by atoms with Gasteiger partial charge in [0.2, 0.25) is 0 Å². The van der Waals surface area contributed by atoms with E-state index in [9.17, 15) is 0 Å². The van der Waals surface area contributed by atoms with Crippen molar-refractivity contribution in [2.24, 2.45) is 0 Å². The number of fused-ring (bicyclic) bond motifs is 4. The van der Waals surface area contributed by atoms with Crippen LogP contribution >= 0.6 is 0 Å². The average molecular weight is 941 g/mol. The minimum absolute atomic E-state index is 0.570. The van der Waals surface area contributed by atoms with Gasteiger partial charge in [0.25, 0.3) is 0 Å². The van der Waals surface area contributed by atoms with Gasteiger partial charge in [0.05, 0.1) is 0 Å². The van der Waals surface area contributed by atoms with Crippen molar-refractivity contribution < 1.29 is 0 Å². The standard InChI is InChI=1S/C57H41Ge2N5/c1-6-24-42(25-7-1)55-60-56(63-51-38-20-16-34-47(51)58(43-26-8-2-9-27-43,44-28-10-3-11-29-44)48-35-17-21-39-52(48)63)62-57(61-55)64-53-40-22-18-36-49(53)59(45-30-12-4-13-31-45,46-32-14-5-15-33-46)50-37-19-23-41-54(50)64/h1-41H. The van der Waals surface area contributed by atoms with Gasteiger partial charge in [-0.2, -0.15) is 0 Å². The molecule has 0 saturated carbocycles. The van der Waals surface area contributed by atoms with Gasteiger partial charge in [-0.1, -0.05) is 0 Å². The molecule has 0 saturated heterocycles. The zero-order valence-corrected chi connectivity index (χ0v) is 39.1. The molecule has 10 aromatic rings. The molecule has 0 amide bonds. The quantitative estimate of drug-likeness (QED) is 0.153. The van der Waals surface area contributed by atoms with Gasteiger partial charge in [-0.25, -0.2) is 0 Å². The predicted octanol–water partition coefficient (Wildman–Crippen LogP) is 7.86. The van der Waals surface area contributed by atoms with E-state index in [0.717, 1.165) is 28.3 Å². The number of anilines is 6. The summed E-state index contributed by atoms with van der Waals surface area (Å²) in [4.78, 5) is 21.2. The van der Waals surface area contributed by atoms with Crippen molar-refractivity contribution in [3.8, 4) is 11.4 Å². The van der Waals surface area contributed by atoms with E-state index in [1.54, 1.807) is 0 Å². The van der Waals surface area contributed by atoms with E-state index < -0.39 is 26.5 Å². The summed E-state index contributed by atoms with van der Waals surface area (Å²) in [5.41, 5.74) is 5.28. The van der Waals surface area contributed by atoms with Crippen LogP contribution in [0.1, 0.15) is 0 Å². The first kappa shape index (κ1) is 38.4. The van der Waals surface area contributed by atoms with Crippen molar-refractivity contribution in [3.63, 3.8) is 0 Å². The van der Waals surface area contributed by atoms with Crippen molar-refractivity contribution in [1.82, 2.24) is 15.0 Å². The molecule has 2 aliphatic rings. The summed E-state index contributed by atoms with van der Waals surface area (Å²) in [5.74, 6) is 1.75. The third-order valence-electron chi connectivity index (χ3n) is 13.1. The first-order valence-electron chi connectivity index (χ1n) is 21.8. The fraction of sp³-hybridized carbons (Fsp3) is 0. The molecule has 9 aromatic carbocycles. The summed E-state index contributed by atoms with van der Waals surface area (Å²) in [6.45, 7) is 0. The van der Waals surface area contributed by atoms with Crippen LogP contribution in [0.4, 0.5) is 34.6 Å². The molecular formula is C57H41Ge2N5. The van der Waals surface area contributed by atoms with E-state index in [2.05, 4.69) is 252 Å². The van der Waals surface area contributed by atoms with Crippen LogP contribution in [-0.4, -0.2) is 41.5 Å². The van der Waals surface area contributed by atoms with Gasteiger partial charge >= 0.3 is 381 Å². The molecule has 0 bridgehead atoms. The van der Waals surface area contributed by atoms with Gasteiger partial charge < -0.3 is 0 Å². The fourth-order valence-electron chi connectivity index (χ4n) is 10.5. The summed E-state index contributed by atoms with van der Waals surface area (Å²) < 4.78 is 10.8. The third kappa shape index (κ3) is 5.81. The Labute approximate surface area is 378 Å². The summed E-state index contributed by atoms with van der Waals surface area (Å²) in [6, 6.07) is 90.9. The molecular weight excluding hydrogens is 900 g/mol. The van der Waals surface area contributed by atoms with Gasteiger partial charge in [0.1, 0.15) is 0 Å². The number of hydrogen-bond acceptors (Lipinski definition) is 5. The fourth-order valence-corrected chi connectivity index (χ4v) is 31.9. The molecule has 1 aromatic heterocycles. The van der Waals surface area contributed by atoms with Crippen molar-refractivity contribution in [1.29, 1.82) is 0 Å². The molecule has 2 aliphatic heterocycles. The molecule has 5 nitrogen and oxygen atoms in total. The van der Waals surface area contributed by atoms with Gasteiger partial charge in [-0.05, 0) is 0 Å². The Bertz CT molecular complexity index is 2920. The molecule has 3 heterocycles. The maximum absolute atomic E-state index is 5.66. The van der Waals surface area contributed by atoms with Crippen molar-refractivity contribution >= 4 is 96.3 Å². The average Bonchev–Trinajstić information content (AvgIpc) is 3.38. The molecule has 0 radical (unpaired) electrons. The monoisotopic (exact) mass is 943 g/mol. The number of hydrogen-bond donors (Lipinski definition) is 0. The van der Waals surface area contributed by atoms with E-state index >= 15 is 0 Å².